The summed E-state index contributed by atoms with van der Waals surface area (Å²) in [5.41, 5.74) is 1.70. The van der Waals surface area contributed by atoms with Crippen LogP contribution in [0.4, 0.5) is 17.3 Å². The Hall–Kier alpha value is -3.86. The van der Waals surface area contributed by atoms with E-state index in [9.17, 15) is 9.59 Å². The topological polar surface area (TPSA) is 121 Å². The third-order valence-electron chi connectivity index (χ3n) is 5.52. The van der Waals surface area contributed by atoms with E-state index in [1.807, 2.05) is 7.05 Å². The molecule has 0 aliphatic carbocycles. The van der Waals surface area contributed by atoms with Crippen molar-refractivity contribution < 1.29 is 19.1 Å². The van der Waals surface area contributed by atoms with Crippen LogP contribution in [0.2, 0.25) is 0 Å². The number of fused-ring (bicyclic) bond motifs is 2. The molecule has 0 spiro atoms. The molecule has 0 atom stereocenters. The van der Waals surface area contributed by atoms with Gasteiger partial charge in [-0.3, -0.25) is 9.59 Å². The molecular formula is C22H27N7O4. The Labute approximate surface area is 191 Å². The van der Waals surface area contributed by atoms with Crippen molar-refractivity contribution in [1.29, 1.82) is 0 Å². The van der Waals surface area contributed by atoms with Gasteiger partial charge in [0, 0.05) is 51.2 Å². The molecule has 3 heterocycles. The number of aromatic nitrogens is 2. The van der Waals surface area contributed by atoms with Crippen molar-refractivity contribution in [3.8, 4) is 11.5 Å². The summed E-state index contributed by atoms with van der Waals surface area (Å²) >= 11 is 0. The highest BCUT2D eigenvalue weighted by molar-refractivity contribution is 6.32. The van der Waals surface area contributed by atoms with Gasteiger partial charge in [0.1, 0.15) is 18.0 Å². The van der Waals surface area contributed by atoms with Crippen molar-refractivity contribution >= 4 is 34.7 Å². The normalized spacial score (nSPS) is 19.0. The molecule has 1 aromatic carbocycles. The Kier molecular flexibility index (Phi) is 6.59. The zero-order chi connectivity index (χ0) is 23.4. The fourth-order valence-corrected chi connectivity index (χ4v) is 3.50. The molecule has 2 amide bonds. The molecule has 2 bridgehead atoms. The molecule has 3 N–H and O–H groups in total. The highest BCUT2D eigenvalue weighted by atomic mass is 16.5. The first-order valence-electron chi connectivity index (χ1n) is 10.6. The van der Waals surface area contributed by atoms with Crippen molar-refractivity contribution in [2.24, 2.45) is 0 Å². The first-order valence-corrected chi connectivity index (χ1v) is 10.6. The largest absolute Gasteiger partial charge is 0.493 e. The van der Waals surface area contributed by atoms with E-state index < -0.39 is 0 Å². The maximum absolute atomic E-state index is 12.6. The highest BCUT2D eigenvalue weighted by Crippen LogP contribution is 2.35. The van der Waals surface area contributed by atoms with Crippen LogP contribution < -0.4 is 25.4 Å². The number of carbonyl (C=O) groups is 2. The first kappa shape index (κ1) is 22.3. The maximum atomic E-state index is 12.6. The number of amides is 2. The Morgan fingerprint density at radius 3 is 2.73 bits per heavy atom. The molecule has 33 heavy (non-hydrogen) atoms. The monoisotopic (exact) mass is 453 g/mol. The Balaban J connectivity index is 1.68. The van der Waals surface area contributed by atoms with Gasteiger partial charge >= 0.3 is 0 Å². The first-order chi connectivity index (χ1) is 16.0. The van der Waals surface area contributed by atoms with E-state index in [4.69, 9.17) is 9.47 Å². The van der Waals surface area contributed by atoms with Gasteiger partial charge in [0.15, 0.2) is 18.1 Å². The second-order valence-corrected chi connectivity index (χ2v) is 7.80. The van der Waals surface area contributed by atoms with Gasteiger partial charge in [-0.2, -0.15) is 0 Å². The number of nitrogens with zero attached hydrogens (tertiary/aromatic N) is 4. The van der Waals surface area contributed by atoms with Gasteiger partial charge in [-0.25, -0.2) is 9.97 Å². The number of nitrogens with one attached hydrogen (secondary N) is 3. The third-order valence-corrected chi connectivity index (χ3v) is 5.52. The van der Waals surface area contributed by atoms with E-state index in [1.54, 1.807) is 36.3 Å². The summed E-state index contributed by atoms with van der Waals surface area (Å²) in [7, 11) is 5.27. The fraction of sp³-hybridized carbons (Fsp3) is 0.364. The molecule has 11 heteroatoms. The number of likely N-dealkylation sites (N-methyl/N-ethyl adjacent to an activating group) is 2. The second-order valence-electron chi connectivity index (χ2n) is 7.80. The number of hydrogen-bond acceptors (Lipinski definition) is 9. The smallest absolute Gasteiger partial charge is 0.260 e. The van der Waals surface area contributed by atoms with Gasteiger partial charge in [0.25, 0.3) is 11.8 Å². The molecule has 0 saturated carbocycles. The molecule has 174 valence electrons. The average molecular weight is 454 g/mol. The standard InChI is InChI=1S/C22H27N7O4/c1-28-7-6-23-20-19-15(22(31)27-21(19)26-13-25-20)11-24-14-4-5-16(32-3)17(10-14)33-12-18(30)29(2)9-8-28/h4-5,10-11,13,24H,6-9,12H2,1-3H3,(H2,23,25,26,27,31)/b15-11-. The molecule has 2 aliphatic rings. The van der Waals surface area contributed by atoms with Gasteiger partial charge in [0.05, 0.1) is 18.2 Å². The van der Waals surface area contributed by atoms with E-state index in [1.165, 1.54) is 13.4 Å². The third kappa shape index (κ3) is 4.98. The summed E-state index contributed by atoms with van der Waals surface area (Å²) in [5.74, 6) is 1.56. The number of methoxy groups -OCH3 is 1. The van der Waals surface area contributed by atoms with E-state index >= 15 is 0 Å². The van der Waals surface area contributed by atoms with Gasteiger partial charge in [-0.15, -0.1) is 0 Å². The minimum absolute atomic E-state index is 0.112. The quantitative estimate of drug-likeness (QED) is 0.582. The van der Waals surface area contributed by atoms with E-state index in [2.05, 4.69) is 30.8 Å². The zero-order valence-electron chi connectivity index (χ0n) is 18.8. The highest BCUT2D eigenvalue weighted by Gasteiger charge is 2.29. The summed E-state index contributed by atoms with van der Waals surface area (Å²) < 4.78 is 11.1. The lowest BCUT2D eigenvalue weighted by atomic mass is 10.1. The molecular weight excluding hydrogens is 426 g/mol. The van der Waals surface area contributed by atoms with Gasteiger partial charge in [-0.05, 0) is 19.2 Å². The van der Waals surface area contributed by atoms with Gasteiger partial charge in [-0.1, -0.05) is 0 Å². The van der Waals surface area contributed by atoms with Crippen molar-refractivity contribution in [2.75, 3.05) is 69.9 Å². The van der Waals surface area contributed by atoms with E-state index in [-0.39, 0.29) is 18.4 Å². The molecule has 1 aromatic heterocycles. The lowest BCUT2D eigenvalue weighted by Gasteiger charge is -2.23. The lowest BCUT2D eigenvalue weighted by Crippen LogP contribution is -2.38. The van der Waals surface area contributed by atoms with Crippen LogP contribution in [0.25, 0.3) is 5.57 Å². The summed E-state index contributed by atoms with van der Waals surface area (Å²) in [6.07, 6.45) is 3.02. The maximum Gasteiger partial charge on any atom is 0.260 e. The van der Waals surface area contributed by atoms with Crippen LogP contribution >= 0.6 is 0 Å². The summed E-state index contributed by atoms with van der Waals surface area (Å²) in [6, 6.07) is 5.24. The number of benzene rings is 1. The molecule has 2 aromatic rings. The molecule has 0 unspecified atom stereocenters. The van der Waals surface area contributed by atoms with Crippen LogP contribution in [0.15, 0.2) is 30.7 Å². The molecule has 0 saturated heterocycles. The number of anilines is 3. The van der Waals surface area contributed by atoms with E-state index in [0.717, 1.165) is 6.54 Å². The van der Waals surface area contributed by atoms with Crippen LogP contribution in [0, 0.1) is 0 Å². The summed E-state index contributed by atoms with van der Waals surface area (Å²) in [6.45, 7) is 2.47. The molecule has 2 aliphatic heterocycles. The average Bonchev–Trinajstić information content (AvgIpc) is 3.14. The minimum Gasteiger partial charge on any atom is -0.493 e. The molecule has 0 radical (unpaired) electrons. The SMILES string of the molecule is COc1ccc2cc1OCC(=O)N(C)CCN(C)CCNc1ncnc3c1/C(=C/N2)C(=O)N3. The molecule has 4 rings (SSSR count). The van der Waals surface area contributed by atoms with Crippen LogP contribution in [0.3, 0.4) is 0 Å². The number of hydrogen-bond donors (Lipinski definition) is 3. The fourth-order valence-electron chi connectivity index (χ4n) is 3.50. The second kappa shape index (κ2) is 9.74. The van der Waals surface area contributed by atoms with Gasteiger partial charge in [0.2, 0.25) is 0 Å². The Morgan fingerprint density at radius 2 is 1.91 bits per heavy atom. The van der Waals surface area contributed by atoms with Crippen LogP contribution in [-0.4, -0.2) is 85.6 Å². The van der Waals surface area contributed by atoms with Crippen molar-refractivity contribution in [2.45, 2.75) is 0 Å². The summed E-state index contributed by atoms with van der Waals surface area (Å²) in [4.78, 5) is 37.4. The van der Waals surface area contributed by atoms with Gasteiger partial charge < -0.3 is 35.2 Å². The molecule has 11 nitrogen and oxygen atoms in total. The van der Waals surface area contributed by atoms with Crippen molar-refractivity contribution in [3.05, 3.63) is 36.3 Å². The van der Waals surface area contributed by atoms with Crippen LogP contribution in [0.5, 0.6) is 11.5 Å². The predicted octanol–water partition coefficient (Wildman–Crippen LogP) is 1.08. The molecule has 0 fully saturated rings. The number of ether oxygens (including phenoxy) is 2. The van der Waals surface area contributed by atoms with Crippen molar-refractivity contribution in [1.82, 2.24) is 19.8 Å². The summed E-state index contributed by atoms with van der Waals surface area (Å²) in [5, 5.41) is 9.20. The van der Waals surface area contributed by atoms with Crippen LogP contribution in [0.1, 0.15) is 5.56 Å². The number of rotatable bonds is 1. The Bertz CT molecular complexity index is 1090. The number of carbonyl (C=O) groups excluding carboxylic acids is 2. The zero-order valence-corrected chi connectivity index (χ0v) is 18.8. The van der Waals surface area contributed by atoms with Crippen LogP contribution in [-0.2, 0) is 9.59 Å². The lowest BCUT2D eigenvalue weighted by molar-refractivity contribution is -0.132. The minimum atomic E-state index is -0.272. The predicted molar refractivity (Wildman–Crippen MR) is 124 cm³/mol. The van der Waals surface area contributed by atoms with Crippen molar-refractivity contribution in [3.63, 3.8) is 0 Å². The van der Waals surface area contributed by atoms with E-state index in [0.29, 0.717) is 59.6 Å². The Morgan fingerprint density at radius 1 is 1.09 bits per heavy atom.